The van der Waals surface area contributed by atoms with Crippen molar-refractivity contribution >= 4 is 5.91 Å². The molecule has 0 aliphatic heterocycles. The van der Waals surface area contributed by atoms with E-state index in [1.54, 1.807) is 7.11 Å². The molecule has 2 unspecified atom stereocenters. The van der Waals surface area contributed by atoms with E-state index in [1.807, 2.05) is 32.3 Å². The molecule has 3 N–H and O–H groups in total. The number of carbonyl (C=O) groups excluding carboxylic acids is 1. The predicted molar refractivity (Wildman–Crippen MR) is 94.2 cm³/mol. The molecule has 0 bridgehead atoms. The van der Waals surface area contributed by atoms with Crippen molar-refractivity contribution in [2.24, 2.45) is 11.7 Å². The maximum Gasteiger partial charge on any atom is 0.223 e. The minimum Gasteiger partial charge on any atom is -0.493 e. The van der Waals surface area contributed by atoms with Crippen LogP contribution in [0.3, 0.4) is 0 Å². The van der Waals surface area contributed by atoms with E-state index >= 15 is 0 Å². The second-order valence-corrected chi connectivity index (χ2v) is 6.62. The summed E-state index contributed by atoms with van der Waals surface area (Å²) in [7, 11) is 5.63. The molecule has 6 nitrogen and oxygen atoms in total. The number of benzene rings is 1. The third-order valence-electron chi connectivity index (χ3n) is 4.33. The van der Waals surface area contributed by atoms with Gasteiger partial charge in [-0.1, -0.05) is 6.07 Å². The summed E-state index contributed by atoms with van der Waals surface area (Å²) in [5.74, 6) is 1.54. The van der Waals surface area contributed by atoms with Crippen LogP contribution in [0.4, 0.5) is 0 Å². The van der Waals surface area contributed by atoms with Gasteiger partial charge in [0.2, 0.25) is 5.91 Å². The molecule has 1 aliphatic rings. The van der Waals surface area contributed by atoms with Gasteiger partial charge in [-0.05, 0) is 51.1 Å². The summed E-state index contributed by atoms with van der Waals surface area (Å²) in [5, 5.41) is 2.99. The zero-order valence-electron chi connectivity index (χ0n) is 14.9. The molecule has 24 heavy (non-hydrogen) atoms. The van der Waals surface area contributed by atoms with E-state index in [0.29, 0.717) is 18.9 Å². The van der Waals surface area contributed by atoms with E-state index in [2.05, 4.69) is 10.2 Å². The van der Waals surface area contributed by atoms with Gasteiger partial charge in [0.1, 0.15) is 6.61 Å². The van der Waals surface area contributed by atoms with Crippen LogP contribution in [0, 0.1) is 5.92 Å². The molecule has 1 saturated carbocycles. The average Bonchev–Trinajstić information content (AvgIpc) is 2.99. The Bertz CT molecular complexity index is 548. The maximum atomic E-state index is 12.2. The number of hydrogen-bond acceptors (Lipinski definition) is 5. The Morgan fingerprint density at radius 3 is 2.75 bits per heavy atom. The number of ether oxygens (including phenoxy) is 2. The molecular weight excluding hydrogens is 306 g/mol. The monoisotopic (exact) mass is 335 g/mol. The fourth-order valence-corrected chi connectivity index (χ4v) is 2.87. The summed E-state index contributed by atoms with van der Waals surface area (Å²) < 4.78 is 11.1. The Labute approximate surface area is 144 Å². The number of nitrogens with zero attached hydrogens (tertiary/aromatic N) is 1. The molecule has 0 aromatic heterocycles. The van der Waals surface area contributed by atoms with Crippen LogP contribution in [-0.2, 0) is 11.3 Å². The number of nitrogens with one attached hydrogen (secondary N) is 1. The molecule has 0 saturated heterocycles. The highest BCUT2D eigenvalue weighted by Gasteiger charge is 2.27. The normalized spacial score (nSPS) is 20.2. The summed E-state index contributed by atoms with van der Waals surface area (Å²) in [6, 6.07) is 5.92. The van der Waals surface area contributed by atoms with E-state index in [-0.39, 0.29) is 17.9 Å². The maximum absolute atomic E-state index is 12.2. The van der Waals surface area contributed by atoms with Gasteiger partial charge in [-0.3, -0.25) is 4.79 Å². The first-order chi connectivity index (χ1) is 11.5. The van der Waals surface area contributed by atoms with Crippen molar-refractivity contribution in [2.75, 3.05) is 34.4 Å². The van der Waals surface area contributed by atoms with Gasteiger partial charge in [-0.15, -0.1) is 0 Å². The first kappa shape index (κ1) is 18.5. The minimum atomic E-state index is 0.0514. The molecule has 1 fully saturated rings. The Balaban J connectivity index is 1.88. The molecule has 1 aliphatic carbocycles. The number of carbonyl (C=O) groups is 1. The Hall–Kier alpha value is -1.79. The number of nitrogens with two attached hydrogens (primary N) is 1. The molecule has 1 aromatic carbocycles. The van der Waals surface area contributed by atoms with Crippen LogP contribution in [0.5, 0.6) is 11.5 Å². The molecule has 0 radical (unpaired) electrons. The van der Waals surface area contributed by atoms with Crippen LogP contribution in [0.25, 0.3) is 0 Å². The Morgan fingerprint density at radius 1 is 1.33 bits per heavy atom. The third kappa shape index (κ3) is 5.39. The number of likely N-dealkylation sites (N-methyl/N-ethyl adjacent to an activating group) is 1. The van der Waals surface area contributed by atoms with Gasteiger partial charge in [0.25, 0.3) is 0 Å². The summed E-state index contributed by atoms with van der Waals surface area (Å²) in [6.45, 7) is 1.92. The Kier molecular flexibility index (Phi) is 6.87. The van der Waals surface area contributed by atoms with Crippen molar-refractivity contribution < 1.29 is 14.3 Å². The molecule has 2 rings (SSSR count). The molecule has 0 heterocycles. The largest absolute Gasteiger partial charge is 0.493 e. The lowest BCUT2D eigenvalue weighted by Gasteiger charge is -2.15. The summed E-state index contributed by atoms with van der Waals surface area (Å²) in [6.07, 6.45) is 2.60. The molecular formula is C18H29N3O3. The quantitative estimate of drug-likeness (QED) is 0.750. The van der Waals surface area contributed by atoms with Crippen LogP contribution >= 0.6 is 0 Å². The number of amides is 1. The topological polar surface area (TPSA) is 76.8 Å². The average molecular weight is 335 g/mol. The highest BCUT2D eigenvalue weighted by Crippen LogP contribution is 2.28. The summed E-state index contributed by atoms with van der Waals surface area (Å²) in [4.78, 5) is 14.2. The van der Waals surface area contributed by atoms with E-state index in [9.17, 15) is 4.79 Å². The molecule has 2 atom stereocenters. The van der Waals surface area contributed by atoms with E-state index in [1.165, 1.54) is 0 Å². The van der Waals surface area contributed by atoms with Crippen LogP contribution in [-0.4, -0.2) is 51.2 Å². The highest BCUT2D eigenvalue weighted by atomic mass is 16.5. The van der Waals surface area contributed by atoms with Gasteiger partial charge < -0.3 is 25.4 Å². The van der Waals surface area contributed by atoms with Gasteiger partial charge in [0, 0.05) is 25.0 Å². The van der Waals surface area contributed by atoms with Crippen molar-refractivity contribution in [3.05, 3.63) is 23.8 Å². The standard InChI is InChI=1S/C18H29N3O3/c1-21(2)8-9-24-16-7-4-13(10-17(16)23-3)12-20-18(22)14-5-6-15(19)11-14/h4,7,10,14-15H,5-6,8-9,11-12,19H2,1-3H3,(H,20,22). The lowest BCUT2D eigenvalue weighted by atomic mass is 10.1. The zero-order chi connectivity index (χ0) is 17.5. The fourth-order valence-electron chi connectivity index (χ4n) is 2.87. The summed E-state index contributed by atoms with van der Waals surface area (Å²) in [5.41, 5.74) is 6.86. The van der Waals surface area contributed by atoms with Gasteiger partial charge in [-0.25, -0.2) is 0 Å². The highest BCUT2D eigenvalue weighted by molar-refractivity contribution is 5.79. The van der Waals surface area contributed by atoms with Gasteiger partial charge in [-0.2, -0.15) is 0 Å². The van der Waals surface area contributed by atoms with Gasteiger partial charge in [0.05, 0.1) is 7.11 Å². The van der Waals surface area contributed by atoms with Crippen molar-refractivity contribution in [3.8, 4) is 11.5 Å². The smallest absolute Gasteiger partial charge is 0.223 e. The second-order valence-electron chi connectivity index (χ2n) is 6.62. The first-order valence-corrected chi connectivity index (χ1v) is 8.47. The molecule has 1 amide bonds. The Morgan fingerprint density at radius 2 is 2.12 bits per heavy atom. The number of methoxy groups -OCH3 is 1. The molecule has 6 heteroatoms. The van der Waals surface area contributed by atoms with Crippen LogP contribution < -0.4 is 20.5 Å². The van der Waals surface area contributed by atoms with E-state index in [4.69, 9.17) is 15.2 Å². The molecule has 134 valence electrons. The predicted octanol–water partition coefficient (Wildman–Crippen LogP) is 1.38. The number of hydrogen-bond donors (Lipinski definition) is 2. The van der Waals surface area contributed by atoms with Crippen LogP contribution in [0.2, 0.25) is 0 Å². The van der Waals surface area contributed by atoms with Crippen molar-refractivity contribution in [2.45, 2.75) is 31.8 Å². The van der Waals surface area contributed by atoms with E-state index < -0.39 is 0 Å². The van der Waals surface area contributed by atoms with Crippen molar-refractivity contribution in [1.29, 1.82) is 0 Å². The fraction of sp³-hybridized carbons (Fsp3) is 0.611. The number of rotatable bonds is 8. The first-order valence-electron chi connectivity index (χ1n) is 8.47. The lowest BCUT2D eigenvalue weighted by molar-refractivity contribution is -0.125. The third-order valence-corrected chi connectivity index (χ3v) is 4.33. The van der Waals surface area contributed by atoms with Crippen LogP contribution in [0.15, 0.2) is 18.2 Å². The SMILES string of the molecule is COc1cc(CNC(=O)C2CCC(N)C2)ccc1OCCN(C)C. The van der Waals surface area contributed by atoms with Crippen molar-refractivity contribution in [3.63, 3.8) is 0 Å². The van der Waals surface area contributed by atoms with Gasteiger partial charge >= 0.3 is 0 Å². The second kappa shape index (κ2) is 8.89. The van der Waals surface area contributed by atoms with Crippen LogP contribution in [0.1, 0.15) is 24.8 Å². The van der Waals surface area contributed by atoms with E-state index in [0.717, 1.165) is 37.1 Å². The molecule has 0 spiro atoms. The summed E-state index contributed by atoms with van der Waals surface area (Å²) >= 11 is 0. The zero-order valence-corrected chi connectivity index (χ0v) is 14.9. The lowest BCUT2D eigenvalue weighted by Crippen LogP contribution is -2.30. The minimum absolute atomic E-state index is 0.0514. The molecule has 1 aromatic rings. The van der Waals surface area contributed by atoms with Crippen molar-refractivity contribution in [1.82, 2.24) is 10.2 Å². The van der Waals surface area contributed by atoms with Gasteiger partial charge in [0.15, 0.2) is 11.5 Å².